The van der Waals surface area contributed by atoms with Gasteiger partial charge in [-0.2, -0.15) is 22.5 Å². The molecule has 2 aromatic heterocycles. The first-order valence-corrected chi connectivity index (χ1v) is 9.61. The number of sulfonamides is 1. The van der Waals surface area contributed by atoms with Crippen LogP contribution in [0.5, 0.6) is 11.8 Å². The number of nitrogens with zero attached hydrogens (tertiary/aromatic N) is 2. The molecule has 7 nitrogen and oxygen atoms in total. The molecule has 1 aromatic carbocycles. The standard InChI is InChI=1S/C16H9ClF5N3O4S/c17-12-5-4-7-9(23-12)2-1-3-11(7)30(26,27)25-10-6-8(18)13(28-15(19)20)24-14(10)29-16(21)22/h1-6,15-16,25H. The number of benzene rings is 1. The molecule has 0 amide bonds. The maximum absolute atomic E-state index is 14.0. The first-order valence-electron chi connectivity index (χ1n) is 7.75. The van der Waals surface area contributed by atoms with Crippen LogP contribution in [0.3, 0.4) is 0 Å². The van der Waals surface area contributed by atoms with Gasteiger partial charge in [-0.1, -0.05) is 17.7 Å². The summed E-state index contributed by atoms with van der Waals surface area (Å²) in [4.78, 5) is 6.68. The second kappa shape index (κ2) is 8.44. The number of fused-ring (bicyclic) bond motifs is 1. The molecule has 0 spiro atoms. The smallest absolute Gasteiger partial charge is 0.388 e. The van der Waals surface area contributed by atoms with Gasteiger partial charge in [-0.05, 0) is 24.3 Å². The molecule has 14 heteroatoms. The third-order valence-electron chi connectivity index (χ3n) is 3.50. The fourth-order valence-corrected chi connectivity index (χ4v) is 3.83. The first kappa shape index (κ1) is 21.8. The topological polar surface area (TPSA) is 90.4 Å². The van der Waals surface area contributed by atoms with Gasteiger partial charge in [0, 0.05) is 11.5 Å². The predicted molar refractivity (Wildman–Crippen MR) is 95.0 cm³/mol. The summed E-state index contributed by atoms with van der Waals surface area (Å²) in [5, 5.41) is 0.218. The molecular formula is C16H9ClF5N3O4S. The summed E-state index contributed by atoms with van der Waals surface area (Å²) < 4.78 is 99.1. The van der Waals surface area contributed by atoms with E-state index in [-0.39, 0.29) is 21.0 Å². The number of anilines is 1. The van der Waals surface area contributed by atoms with Crippen LogP contribution in [0.25, 0.3) is 10.9 Å². The van der Waals surface area contributed by atoms with Crippen molar-refractivity contribution < 1.29 is 39.8 Å². The quantitative estimate of drug-likeness (QED) is 0.407. The fraction of sp³-hybridized carbons (Fsp3) is 0.125. The lowest BCUT2D eigenvalue weighted by atomic mass is 10.2. The maximum Gasteiger partial charge on any atom is 0.388 e. The molecule has 3 aromatic rings. The van der Waals surface area contributed by atoms with E-state index in [0.29, 0.717) is 6.07 Å². The predicted octanol–water partition coefficient (Wildman–Crippen LogP) is 4.43. The zero-order chi connectivity index (χ0) is 22.1. The van der Waals surface area contributed by atoms with Crippen LogP contribution in [0.1, 0.15) is 0 Å². The normalized spacial score (nSPS) is 11.9. The van der Waals surface area contributed by atoms with E-state index < -0.39 is 46.5 Å². The van der Waals surface area contributed by atoms with Crippen LogP contribution in [0.2, 0.25) is 5.15 Å². The Morgan fingerprint density at radius 3 is 2.30 bits per heavy atom. The Kier molecular flexibility index (Phi) is 6.12. The van der Waals surface area contributed by atoms with Crippen molar-refractivity contribution in [2.75, 3.05) is 4.72 Å². The van der Waals surface area contributed by atoms with Crippen LogP contribution in [0.4, 0.5) is 27.6 Å². The van der Waals surface area contributed by atoms with Crippen LogP contribution in [0.15, 0.2) is 41.3 Å². The van der Waals surface area contributed by atoms with E-state index in [4.69, 9.17) is 11.6 Å². The molecular weight excluding hydrogens is 461 g/mol. The minimum Gasteiger partial charge on any atom is -0.415 e. The van der Waals surface area contributed by atoms with Crippen molar-refractivity contribution in [1.82, 2.24) is 9.97 Å². The van der Waals surface area contributed by atoms with E-state index in [1.54, 1.807) is 0 Å². The summed E-state index contributed by atoms with van der Waals surface area (Å²) in [5.74, 6) is -4.07. The minimum atomic E-state index is -4.52. The van der Waals surface area contributed by atoms with Crippen molar-refractivity contribution >= 4 is 38.2 Å². The van der Waals surface area contributed by atoms with Gasteiger partial charge in [-0.25, -0.2) is 17.8 Å². The fourth-order valence-electron chi connectivity index (χ4n) is 2.41. The van der Waals surface area contributed by atoms with Crippen LogP contribution in [-0.4, -0.2) is 31.6 Å². The van der Waals surface area contributed by atoms with Crippen LogP contribution < -0.4 is 14.2 Å². The molecule has 0 aliphatic rings. The van der Waals surface area contributed by atoms with E-state index in [9.17, 15) is 30.4 Å². The Hall–Kier alpha value is -2.93. The monoisotopic (exact) mass is 469 g/mol. The average molecular weight is 470 g/mol. The molecule has 0 aliphatic heterocycles. The second-order valence-electron chi connectivity index (χ2n) is 5.45. The molecule has 0 saturated heterocycles. The Morgan fingerprint density at radius 1 is 0.967 bits per heavy atom. The lowest BCUT2D eigenvalue weighted by Crippen LogP contribution is -2.17. The van der Waals surface area contributed by atoms with Gasteiger partial charge in [-0.15, -0.1) is 0 Å². The summed E-state index contributed by atoms with van der Waals surface area (Å²) >= 11 is 5.77. The lowest BCUT2D eigenvalue weighted by Gasteiger charge is -2.15. The van der Waals surface area contributed by atoms with Gasteiger partial charge >= 0.3 is 13.2 Å². The maximum atomic E-state index is 14.0. The van der Waals surface area contributed by atoms with Gasteiger partial charge < -0.3 is 9.47 Å². The summed E-state index contributed by atoms with van der Waals surface area (Å²) in [7, 11) is -4.52. The number of alkyl halides is 4. The van der Waals surface area contributed by atoms with E-state index in [2.05, 4.69) is 19.4 Å². The summed E-state index contributed by atoms with van der Waals surface area (Å²) in [5.41, 5.74) is -0.659. The average Bonchev–Trinajstić information content (AvgIpc) is 2.63. The molecule has 0 radical (unpaired) electrons. The van der Waals surface area contributed by atoms with E-state index >= 15 is 0 Å². The molecule has 160 valence electrons. The van der Waals surface area contributed by atoms with E-state index in [1.165, 1.54) is 30.3 Å². The highest BCUT2D eigenvalue weighted by atomic mass is 35.5. The number of nitrogens with one attached hydrogen (secondary N) is 1. The largest absolute Gasteiger partial charge is 0.415 e. The third-order valence-corrected chi connectivity index (χ3v) is 5.14. The van der Waals surface area contributed by atoms with Crippen molar-refractivity contribution in [3.8, 4) is 11.8 Å². The number of halogens is 6. The van der Waals surface area contributed by atoms with Crippen molar-refractivity contribution in [2.24, 2.45) is 0 Å². The van der Waals surface area contributed by atoms with Crippen molar-refractivity contribution in [3.05, 3.63) is 47.4 Å². The summed E-state index contributed by atoms with van der Waals surface area (Å²) in [6.07, 6.45) is 0. The van der Waals surface area contributed by atoms with E-state index in [1.807, 2.05) is 4.72 Å². The highest BCUT2D eigenvalue weighted by molar-refractivity contribution is 7.93. The molecule has 0 bridgehead atoms. The zero-order valence-corrected chi connectivity index (χ0v) is 15.9. The Bertz CT molecular complexity index is 1200. The molecule has 1 N–H and O–H groups in total. The third kappa shape index (κ3) is 4.79. The van der Waals surface area contributed by atoms with Crippen LogP contribution in [-0.2, 0) is 10.0 Å². The van der Waals surface area contributed by atoms with Crippen LogP contribution in [0, 0.1) is 5.82 Å². The van der Waals surface area contributed by atoms with Gasteiger partial charge in [-0.3, -0.25) is 4.72 Å². The number of ether oxygens (including phenoxy) is 2. The summed E-state index contributed by atoms with van der Waals surface area (Å²) in [6.45, 7) is -7.03. The van der Waals surface area contributed by atoms with Crippen molar-refractivity contribution in [2.45, 2.75) is 18.1 Å². The minimum absolute atomic E-state index is 0.0958. The number of aromatic nitrogens is 2. The molecule has 0 saturated carbocycles. The number of hydrogen-bond donors (Lipinski definition) is 1. The molecule has 0 aliphatic carbocycles. The number of hydrogen-bond acceptors (Lipinski definition) is 6. The Labute approximate surface area is 170 Å². The lowest BCUT2D eigenvalue weighted by molar-refractivity contribution is -0.0616. The van der Waals surface area contributed by atoms with Gasteiger partial charge in [0.25, 0.3) is 15.9 Å². The zero-order valence-electron chi connectivity index (χ0n) is 14.3. The van der Waals surface area contributed by atoms with Crippen molar-refractivity contribution in [1.29, 1.82) is 0 Å². The van der Waals surface area contributed by atoms with Gasteiger partial charge in [0.2, 0.25) is 5.88 Å². The molecule has 0 atom stereocenters. The summed E-state index contributed by atoms with van der Waals surface area (Å²) in [6, 6.07) is 6.99. The highest BCUT2D eigenvalue weighted by Gasteiger charge is 2.25. The number of pyridine rings is 2. The highest BCUT2D eigenvalue weighted by Crippen LogP contribution is 2.33. The molecule has 0 unspecified atom stereocenters. The van der Waals surface area contributed by atoms with Crippen molar-refractivity contribution in [3.63, 3.8) is 0 Å². The SMILES string of the molecule is O=S(=O)(Nc1cc(F)c(OC(F)F)nc1OC(F)F)c1cccc2nc(Cl)ccc12. The molecule has 0 fully saturated rings. The van der Waals surface area contributed by atoms with Gasteiger partial charge in [0.1, 0.15) is 10.8 Å². The second-order valence-corrected chi connectivity index (χ2v) is 7.49. The van der Waals surface area contributed by atoms with Gasteiger partial charge in [0.05, 0.1) is 10.4 Å². The molecule has 2 heterocycles. The first-order chi connectivity index (χ1) is 14.1. The molecule has 3 rings (SSSR count). The van der Waals surface area contributed by atoms with Gasteiger partial charge in [0.15, 0.2) is 5.82 Å². The Balaban J connectivity index is 2.07. The Morgan fingerprint density at radius 2 is 1.63 bits per heavy atom. The molecule has 30 heavy (non-hydrogen) atoms. The van der Waals surface area contributed by atoms with Crippen LogP contribution >= 0.6 is 11.6 Å². The number of rotatable bonds is 7. The van der Waals surface area contributed by atoms with E-state index in [0.717, 1.165) is 0 Å².